The average Bonchev–Trinajstić information content (AvgIpc) is 2.84. The summed E-state index contributed by atoms with van der Waals surface area (Å²) < 4.78 is 0.779. The van der Waals surface area contributed by atoms with Gasteiger partial charge in [0.1, 0.15) is 0 Å². The van der Waals surface area contributed by atoms with Gasteiger partial charge in [-0.05, 0) is 31.3 Å². The Labute approximate surface area is 128 Å². The molecular weight excluding hydrogens is 292 g/mol. The van der Waals surface area contributed by atoms with E-state index < -0.39 is 0 Å². The molecule has 1 amide bonds. The molecule has 3 nitrogen and oxygen atoms in total. The lowest BCUT2D eigenvalue weighted by atomic mass is 10.3. The van der Waals surface area contributed by atoms with Crippen molar-refractivity contribution in [3.63, 3.8) is 0 Å². The molecule has 1 aromatic heterocycles. The minimum Gasteiger partial charge on any atom is -0.314 e. The summed E-state index contributed by atoms with van der Waals surface area (Å²) in [6.45, 7) is 1.10. The van der Waals surface area contributed by atoms with Crippen molar-refractivity contribution in [3.05, 3.63) is 51.7 Å². The van der Waals surface area contributed by atoms with Crippen LogP contribution in [0.2, 0.25) is 4.34 Å². The Morgan fingerprint density at radius 1 is 1.15 bits per heavy atom. The highest BCUT2D eigenvalue weighted by molar-refractivity contribution is 7.16. The molecule has 0 atom stereocenters. The molecule has 2 aromatic rings. The van der Waals surface area contributed by atoms with Crippen molar-refractivity contribution in [2.75, 3.05) is 25.5 Å². The Kier molecular flexibility index (Phi) is 5.17. The van der Waals surface area contributed by atoms with Gasteiger partial charge in [-0.1, -0.05) is 29.8 Å². The van der Waals surface area contributed by atoms with Crippen LogP contribution in [0.3, 0.4) is 0 Å². The number of rotatable bonds is 5. The van der Waals surface area contributed by atoms with Gasteiger partial charge in [-0.25, -0.2) is 0 Å². The summed E-state index contributed by atoms with van der Waals surface area (Å²) >= 11 is 7.45. The van der Waals surface area contributed by atoms with Gasteiger partial charge in [0.05, 0.1) is 10.9 Å². The molecule has 0 radical (unpaired) electrons. The lowest BCUT2D eigenvalue weighted by Crippen LogP contribution is -2.36. The summed E-state index contributed by atoms with van der Waals surface area (Å²) in [4.78, 5) is 17.0. The van der Waals surface area contributed by atoms with Gasteiger partial charge in [-0.3, -0.25) is 9.69 Å². The third-order valence-electron chi connectivity index (χ3n) is 2.98. The van der Waals surface area contributed by atoms with Crippen molar-refractivity contribution in [3.8, 4) is 0 Å². The third-order valence-corrected chi connectivity index (χ3v) is 4.19. The van der Waals surface area contributed by atoms with Crippen molar-refractivity contribution >= 4 is 34.5 Å². The van der Waals surface area contributed by atoms with E-state index in [0.717, 1.165) is 21.4 Å². The Morgan fingerprint density at radius 2 is 1.85 bits per heavy atom. The van der Waals surface area contributed by atoms with Crippen molar-refractivity contribution in [1.29, 1.82) is 0 Å². The van der Waals surface area contributed by atoms with E-state index in [9.17, 15) is 4.79 Å². The van der Waals surface area contributed by atoms with E-state index in [-0.39, 0.29) is 5.91 Å². The minimum atomic E-state index is 0.0707. The second-order valence-corrected chi connectivity index (χ2v) is 6.47. The second-order valence-electron chi connectivity index (χ2n) is 4.67. The number of benzene rings is 1. The highest BCUT2D eigenvalue weighted by Gasteiger charge is 2.13. The van der Waals surface area contributed by atoms with Gasteiger partial charge < -0.3 is 4.90 Å². The molecule has 20 heavy (non-hydrogen) atoms. The van der Waals surface area contributed by atoms with Crippen LogP contribution in [0.4, 0.5) is 5.69 Å². The molecule has 0 aliphatic heterocycles. The molecule has 1 heterocycles. The zero-order valence-electron chi connectivity index (χ0n) is 11.5. The molecule has 0 saturated carbocycles. The van der Waals surface area contributed by atoms with Gasteiger partial charge >= 0.3 is 0 Å². The van der Waals surface area contributed by atoms with Crippen molar-refractivity contribution in [2.45, 2.75) is 6.54 Å². The Hall–Kier alpha value is -1.36. The monoisotopic (exact) mass is 308 g/mol. The van der Waals surface area contributed by atoms with E-state index in [1.807, 2.05) is 54.4 Å². The van der Waals surface area contributed by atoms with Gasteiger partial charge in [0.2, 0.25) is 5.91 Å². The van der Waals surface area contributed by atoms with Gasteiger partial charge in [-0.15, -0.1) is 11.3 Å². The predicted octanol–water partition coefficient (Wildman–Crippen LogP) is 3.50. The third kappa shape index (κ3) is 4.07. The number of amides is 1. The average molecular weight is 309 g/mol. The fraction of sp³-hybridized carbons (Fsp3) is 0.267. The number of hydrogen-bond acceptors (Lipinski definition) is 3. The molecule has 0 N–H and O–H groups in total. The lowest BCUT2D eigenvalue weighted by Gasteiger charge is -2.21. The van der Waals surface area contributed by atoms with Crippen LogP contribution < -0.4 is 4.90 Å². The molecule has 1 aromatic carbocycles. The van der Waals surface area contributed by atoms with Crippen LogP contribution in [0.5, 0.6) is 0 Å². The number of carbonyl (C=O) groups excluding carboxylic acids is 1. The van der Waals surface area contributed by atoms with E-state index in [2.05, 4.69) is 0 Å². The number of para-hydroxylation sites is 1. The van der Waals surface area contributed by atoms with E-state index >= 15 is 0 Å². The van der Waals surface area contributed by atoms with E-state index in [1.54, 1.807) is 23.3 Å². The van der Waals surface area contributed by atoms with Crippen molar-refractivity contribution in [2.24, 2.45) is 0 Å². The van der Waals surface area contributed by atoms with Crippen LogP contribution >= 0.6 is 22.9 Å². The zero-order valence-corrected chi connectivity index (χ0v) is 13.1. The topological polar surface area (TPSA) is 23.6 Å². The van der Waals surface area contributed by atoms with Crippen LogP contribution in [0.15, 0.2) is 42.5 Å². The first kappa shape index (κ1) is 15.0. The van der Waals surface area contributed by atoms with Crippen molar-refractivity contribution in [1.82, 2.24) is 4.90 Å². The molecule has 0 aliphatic carbocycles. The second kappa shape index (κ2) is 6.88. The number of nitrogens with zero attached hydrogens (tertiary/aromatic N) is 2. The number of hydrogen-bond donors (Lipinski definition) is 0. The molecule has 0 fully saturated rings. The maximum absolute atomic E-state index is 12.2. The van der Waals surface area contributed by atoms with Gasteiger partial charge in [0, 0.05) is 24.2 Å². The lowest BCUT2D eigenvalue weighted by molar-refractivity contribution is -0.119. The molecule has 2 rings (SSSR count). The molecule has 106 valence electrons. The molecule has 5 heteroatoms. The number of carbonyl (C=O) groups is 1. The SMILES string of the molecule is CN(CC(=O)N(C)c1ccccc1)Cc1ccc(Cl)s1. The summed E-state index contributed by atoms with van der Waals surface area (Å²) in [5, 5.41) is 0. The Balaban J connectivity index is 1.90. The van der Waals surface area contributed by atoms with Crippen LogP contribution in [-0.2, 0) is 11.3 Å². The highest BCUT2D eigenvalue weighted by Crippen LogP contribution is 2.22. The molecule has 0 aliphatic rings. The van der Waals surface area contributed by atoms with Gasteiger partial charge in [0.25, 0.3) is 0 Å². The Morgan fingerprint density at radius 3 is 2.45 bits per heavy atom. The van der Waals surface area contributed by atoms with Gasteiger partial charge in [0.15, 0.2) is 0 Å². The molecule has 0 spiro atoms. The highest BCUT2D eigenvalue weighted by atomic mass is 35.5. The fourth-order valence-electron chi connectivity index (χ4n) is 1.89. The molecule has 0 unspecified atom stereocenters. The summed E-state index contributed by atoms with van der Waals surface area (Å²) in [6, 6.07) is 13.5. The van der Waals surface area contributed by atoms with E-state index in [0.29, 0.717) is 6.54 Å². The number of halogens is 1. The fourth-order valence-corrected chi connectivity index (χ4v) is 3.06. The standard InChI is InChI=1S/C15H17ClN2OS/c1-17(10-13-8-9-14(16)20-13)11-15(19)18(2)12-6-4-3-5-7-12/h3-9H,10-11H2,1-2H3. The van der Waals surface area contributed by atoms with Crippen molar-refractivity contribution < 1.29 is 4.79 Å². The first-order valence-corrected chi connectivity index (χ1v) is 7.50. The first-order chi connectivity index (χ1) is 9.56. The summed E-state index contributed by atoms with van der Waals surface area (Å²) in [6.07, 6.45) is 0. The summed E-state index contributed by atoms with van der Waals surface area (Å²) in [5.41, 5.74) is 0.907. The predicted molar refractivity (Wildman–Crippen MR) is 85.5 cm³/mol. The minimum absolute atomic E-state index is 0.0707. The number of thiophene rings is 1. The normalized spacial score (nSPS) is 10.8. The zero-order chi connectivity index (χ0) is 14.5. The molecular formula is C15H17ClN2OS. The first-order valence-electron chi connectivity index (χ1n) is 6.30. The Bertz CT molecular complexity index is 570. The van der Waals surface area contributed by atoms with Crippen LogP contribution in [0.1, 0.15) is 4.88 Å². The maximum Gasteiger partial charge on any atom is 0.240 e. The number of anilines is 1. The van der Waals surface area contributed by atoms with E-state index in [1.165, 1.54) is 0 Å². The quantitative estimate of drug-likeness (QED) is 0.844. The van der Waals surface area contributed by atoms with E-state index in [4.69, 9.17) is 11.6 Å². The van der Waals surface area contributed by atoms with Crippen LogP contribution in [0.25, 0.3) is 0 Å². The summed E-state index contributed by atoms with van der Waals surface area (Å²) in [7, 11) is 3.73. The molecule has 0 bridgehead atoms. The van der Waals surface area contributed by atoms with Crippen LogP contribution in [-0.4, -0.2) is 31.4 Å². The van der Waals surface area contributed by atoms with Crippen LogP contribution in [0, 0.1) is 0 Å². The summed E-state index contributed by atoms with van der Waals surface area (Å²) in [5.74, 6) is 0.0707. The largest absolute Gasteiger partial charge is 0.314 e. The molecule has 0 saturated heterocycles. The number of likely N-dealkylation sites (N-methyl/N-ethyl adjacent to an activating group) is 2. The smallest absolute Gasteiger partial charge is 0.240 e. The van der Waals surface area contributed by atoms with Gasteiger partial charge in [-0.2, -0.15) is 0 Å². The maximum atomic E-state index is 12.2.